The van der Waals surface area contributed by atoms with E-state index < -0.39 is 14.9 Å². The lowest BCUT2D eigenvalue weighted by Crippen LogP contribution is -2.18. The van der Waals surface area contributed by atoms with Crippen molar-refractivity contribution in [3.8, 4) is 11.3 Å². The van der Waals surface area contributed by atoms with Crippen LogP contribution < -0.4 is 4.83 Å². The molecule has 0 atom stereocenters. The average Bonchev–Trinajstić information content (AvgIpc) is 3.11. The SMILES string of the molecule is Cc1ccc(S(=O)(=O)NN=Cc2ccc(-c3cccc([N+](=O)[O-])c3)o2)cc1. The molecule has 0 unspecified atom stereocenters. The third kappa shape index (κ3) is 4.39. The van der Waals surface area contributed by atoms with Crippen LogP contribution in [0, 0.1) is 17.0 Å². The smallest absolute Gasteiger partial charge is 0.276 e. The molecule has 0 amide bonds. The van der Waals surface area contributed by atoms with Crippen molar-refractivity contribution < 1.29 is 17.8 Å². The topological polar surface area (TPSA) is 115 Å². The molecule has 138 valence electrons. The van der Waals surface area contributed by atoms with Crippen molar-refractivity contribution >= 4 is 21.9 Å². The number of nitro benzene ring substituents is 1. The largest absolute Gasteiger partial charge is 0.455 e. The quantitative estimate of drug-likeness (QED) is 0.396. The summed E-state index contributed by atoms with van der Waals surface area (Å²) in [5, 5.41) is 14.5. The Hall–Kier alpha value is -3.46. The fraction of sp³-hybridized carbons (Fsp3) is 0.0556. The van der Waals surface area contributed by atoms with E-state index in [1.54, 1.807) is 36.4 Å². The van der Waals surface area contributed by atoms with E-state index in [0.717, 1.165) is 5.56 Å². The zero-order valence-corrected chi connectivity index (χ0v) is 15.0. The normalized spacial score (nSPS) is 11.6. The third-order valence-corrected chi connectivity index (χ3v) is 4.90. The number of rotatable bonds is 6. The molecule has 0 bridgehead atoms. The van der Waals surface area contributed by atoms with Gasteiger partial charge in [0.15, 0.2) is 0 Å². The summed E-state index contributed by atoms with van der Waals surface area (Å²) < 4.78 is 29.8. The van der Waals surface area contributed by atoms with Crippen LogP contribution >= 0.6 is 0 Å². The molecule has 0 spiro atoms. The van der Waals surface area contributed by atoms with Gasteiger partial charge in [0.1, 0.15) is 11.5 Å². The molecule has 3 aromatic rings. The van der Waals surface area contributed by atoms with E-state index in [9.17, 15) is 18.5 Å². The predicted octanol–water partition coefficient (Wildman–Crippen LogP) is 3.48. The maximum Gasteiger partial charge on any atom is 0.276 e. The van der Waals surface area contributed by atoms with Gasteiger partial charge in [-0.15, -0.1) is 0 Å². The Kier molecular flexibility index (Phi) is 5.04. The van der Waals surface area contributed by atoms with Gasteiger partial charge in [-0.3, -0.25) is 10.1 Å². The van der Waals surface area contributed by atoms with Crippen molar-refractivity contribution in [3.63, 3.8) is 0 Å². The highest BCUT2D eigenvalue weighted by Crippen LogP contribution is 2.25. The summed E-state index contributed by atoms with van der Waals surface area (Å²) in [4.78, 5) is 12.6. The maximum absolute atomic E-state index is 12.1. The van der Waals surface area contributed by atoms with Crippen molar-refractivity contribution in [2.75, 3.05) is 0 Å². The molecule has 0 saturated heterocycles. The molecule has 3 rings (SSSR count). The number of nitrogens with zero attached hydrogens (tertiary/aromatic N) is 2. The second kappa shape index (κ2) is 7.42. The summed E-state index contributed by atoms with van der Waals surface area (Å²) >= 11 is 0. The van der Waals surface area contributed by atoms with Gasteiger partial charge in [-0.1, -0.05) is 29.8 Å². The van der Waals surface area contributed by atoms with Crippen molar-refractivity contribution in [3.05, 3.63) is 82.1 Å². The average molecular weight is 385 g/mol. The summed E-state index contributed by atoms with van der Waals surface area (Å²) in [6.07, 6.45) is 1.21. The monoisotopic (exact) mass is 385 g/mol. The molecule has 9 heteroatoms. The molecule has 27 heavy (non-hydrogen) atoms. The van der Waals surface area contributed by atoms with Gasteiger partial charge in [-0.05, 0) is 31.2 Å². The number of nitro groups is 1. The van der Waals surface area contributed by atoms with Crippen molar-refractivity contribution in [1.29, 1.82) is 0 Å². The van der Waals surface area contributed by atoms with E-state index in [0.29, 0.717) is 17.1 Å². The first-order chi connectivity index (χ1) is 12.8. The number of hydrogen-bond donors (Lipinski definition) is 1. The van der Waals surface area contributed by atoms with Crippen LogP contribution in [0.1, 0.15) is 11.3 Å². The van der Waals surface area contributed by atoms with Crippen molar-refractivity contribution in [2.24, 2.45) is 5.10 Å². The first-order valence-electron chi connectivity index (χ1n) is 7.81. The Bertz CT molecular complexity index is 1100. The van der Waals surface area contributed by atoms with Gasteiger partial charge in [0.05, 0.1) is 16.0 Å². The molecule has 1 heterocycles. The molecule has 2 aromatic carbocycles. The highest BCUT2D eigenvalue weighted by molar-refractivity contribution is 7.89. The minimum atomic E-state index is -3.77. The molecule has 8 nitrogen and oxygen atoms in total. The van der Waals surface area contributed by atoms with Gasteiger partial charge in [-0.25, -0.2) is 0 Å². The van der Waals surface area contributed by atoms with E-state index in [2.05, 4.69) is 9.93 Å². The first-order valence-corrected chi connectivity index (χ1v) is 9.30. The van der Waals surface area contributed by atoms with Crippen LogP contribution in [0.4, 0.5) is 5.69 Å². The van der Waals surface area contributed by atoms with Crippen LogP contribution in [-0.2, 0) is 10.0 Å². The number of non-ortho nitro benzene ring substituents is 1. The molecule has 1 aromatic heterocycles. The van der Waals surface area contributed by atoms with Crippen molar-refractivity contribution in [2.45, 2.75) is 11.8 Å². The Labute approximate surface area is 155 Å². The van der Waals surface area contributed by atoms with Gasteiger partial charge >= 0.3 is 0 Å². The summed E-state index contributed by atoms with van der Waals surface area (Å²) in [6, 6.07) is 15.6. The fourth-order valence-electron chi connectivity index (χ4n) is 2.28. The van der Waals surface area contributed by atoms with E-state index >= 15 is 0 Å². The number of hydrogen-bond acceptors (Lipinski definition) is 6. The zero-order valence-electron chi connectivity index (χ0n) is 14.2. The fourth-order valence-corrected chi connectivity index (χ4v) is 3.07. The summed E-state index contributed by atoms with van der Waals surface area (Å²) in [6.45, 7) is 1.86. The van der Waals surface area contributed by atoms with Crippen LogP contribution in [0.3, 0.4) is 0 Å². The Morgan fingerprint density at radius 1 is 1.11 bits per heavy atom. The highest BCUT2D eigenvalue weighted by atomic mass is 32.2. The maximum atomic E-state index is 12.1. The summed E-state index contributed by atoms with van der Waals surface area (Å²) in [5.41, 5.74) is 1.43. The molecular formula is C18H15N3O5S. The van der Waals surface area contributed by atoms with Crippen LogP contribution in [-0.4, -0.2) is 19.6 Å². The van der Waals surface area contributed by atoms with Gasteiger partial charge in [0.25, 0.3) is 15.7 Å². The van der Waals surface area contributed by atoms with Crippen LogP contribution in [0.15, 0.2) is 75.1 Å². The first kappa shape index (κ1) is 18.3. The Morgan fingerprint density at radius 3 is 2.56 bits per heavy atom. The van der Waals surface area contributed by atoms with Gasteiger partial charge in [0, 0.05) is 17.7 Å². The van der Waals surface area contributed by atoms with Crippen LogP contribution in [0.25, 0.3) is 11.3 Å². The number of benzene rings is 2. The number of nitrogens with one attached hydrogen (secondary N) is 1. The van der Waals surface area contributed by atoms with Gasteiger partial charge < -0.3 is 4.42 Å². The predicted molar refractivity (Wildman–Crippen MR) is 99.9 cm³/mol. The number of hydrazone groups is 1. The molecule has 0 fully saturated rings. The number of sulfonamides is 1. The zero-order chi connectivity index (χ0) is 19.4. The summed E-state index contributed by atoms with van der Waals surface area (Å²) in [5.74, 6) is 0.699. The Morgan fingerprint density at radius 2 is 1.85 bits per heavy atom. The van der Waals surface area contributed by atoms with Crippen LogP contribution in [0.5, 0.6) is 0 Å². The molecule has 1 N–H and O–H groups in total. The van der Waals surface area contributed by atoms with E-state index in [1.165, 1.54) is 30.5 Å². The van der Waals surface area contributed by atoms with E-state index in [-0.39, 0.29) is 10.6 Å². The van der Waals surface area contributed by atoms with E-state index in [1.807, 2.05) is 6.92 Å². The second-order valence-corrected chi connectivity index (χ2v) is 7.34. The Balaban J connectivity index is 1.73. The van der Waals surface area contributed by atoms with Crippen molar-refractivity contribution in [1.82, 2.24) is 4.83 Å². The minimum absolute atomic E-state index is 0.0509. The lowest BCUT2D eigenvalue weighted by atomic mass is 10.1. The molecule has 0 aliphatic carbocycles. The minimum Gasteiger partial charge on any atom is -0.455 e. The third-order valence-electron chi connectivity index (χ3n) is 3.66. The second-order valence-electron chi connectivity index (χ2n) is 5.68. The molecular weight excluding hydrogens is 370 g/mol. The molecule has 0 aliphatic heterocycles. The van der Waals surface area contributed by atoms with E-state index in [4.69, 9.17) is 4.42 Å². The molecule has 0 aliphatic rings. The van der Waals surface area contributed by atoms with Gasteiger partial charge in [-0.2, -0.15) is 18.4 Å². The number of furan rings is 1. The van der Waals surface area contributed by atoms with Gasteiger partial charge in [0.2, 0.25) is 0 Å². The molecule has 0 radical (unpaired) electrons. The highest BCUT2D eigenvalue weighted by Gasteiger charge is 2.12. The van der Waals surface area contributed by atoms with Crippen LogP contribution in [0.2, 0.25) is 0 Å². The lowest BCUT2D eigenvalue weighted by molar-refractivity contribution is -0.384. The lowest BCUT2D eigenvalue weighted by Gasteiger charge is -2.03. The summed E-state index contributed by atoms with van der Waals surface area (Å²) in [7, 11) is -3.77. The molecule has 0 saturated carbocycles. The standard InChI is InChI=1S/C18H15N3O5S/c1-13-5-8-17(9-6-13)27(24,25)20-19-12-16-7-10-18(26-16)14-3-2-4-15(11-14)21(22)23/h2-12,20H,1H3. The number of aryl methyl sites for hydroxylation is 1.